The Kier molecular flexibility index (Phi) is 5.75. The number of hydrogen-bond acceptors (Lipinski definition) is 4. The van der Waals surface area contributed by atoms with E-state index < -0.39 is 5.92 Å². The number of methoxy groups -OCH3 is 1. The van der Waals surface area contributed by atoms with Gasteiger partial charge < -0.3 is 9.64 Å². The molecule has 30 heavy (non-hydrogen) atoms. The molecule has 3 aromatic rings. The topological polar surface area (TPSA) is 62.7 Å². The number of pyridine rings is 1. The van der Waals surface area contributed by atoms with Crippen LogP contribution in [-0.2, 0) is 16.1 Å². The molecular weight excluding hydrogens is 378 g/mol. The molecule has 1 aliphatic rings. The van der Waals surface area contributed by atoms with Crippen LogP contribution in [0.5, 0.6) is 5.75 Å². The summed E-state index contributed by atoms with van der Waals surface area (Å²) < 4.78 is 5.18. The lowest BCUT2D eigenvalue weighted by Crippen LogP contribution is -2.37. The molecule has 6 heteroatoms. The Morgan fingerprint density at radius 1 is 1.07 bits per heavy atom. The lowest BCUT2D eigenvalue weighted by molar-refractivity contribution is -0.124. The van der Waals surface area contributed by atoms with Crippen LogP contribution in [0.4, 0.5) is 11.5 Å². The number of benzene rings is 2. The van der Waals surface area contributed by atoms with E-state index in [0.717, 1.165) is 17.0 Å². The summed E-state index contributed by atoms with van der Waals surface area (Å²) >= 11 is 0. The molecular formula is C24H23N3O3. The fourth-order valence-corrected chi connectivity index (χ4v) is 3.66. The minimum Gasteiger partial charge on any atom is -0.497 e. The summed E-state index contributed by atoms with van der Waals surface area (Å²) in [4.78, 5) is 33.8. The summed E-state index contributed by atoms with van der Waals surface area (Å²) in [6.07, 6.45) is 1.85. The maximum Gasteiger partial charge on any atom is 0.233 e. The third-order valence-electron chi connectivity index (χ3n) is 5.23. The molecule has 1 saturated heterocycles. The molecule has 4 rings (SSSR count). The number of amides is 2. The number of nitrogens with zero attached hydrogens (tertiary/aromatic N) is 3. The normalized spacial score (nSPS) is 15.8. The van der Waals surface area contributed by atoms with Crippen molar-refractivity contribution in [2.75, 3.05) is 23.5 Å². The van der Waals surface area contributed by atoms with E-state index in [-0.39, 0.29) is 18.2 Å². The van der Waals surface area contributed by atoms with Crippen LogP contribution in [-0.4, -0.2) is 30.5 Å². The fraction of sp³-hybridized carbons (Fsp3) is 0.208. The molecule has 0 bridgehead atoms. The van der Waals surface area contributed by atoms with Gasteiger partial charge in [0.1, 0.15) is 11.6 Å². The van der Waals surface area contributed by atoms with Gasteiger partial charge in [-0.25, -0.2) is 4.98 Å². The predicted molar refractivity (Wildman–Crippen MR) is 115 cm³/mol. The van der Waals surface area contributed by atoms with Gasteiger partial charge in [0.2, 0.25) is 11.8 Å². The van der Waals surface area contributed by atoms with E-state index in [1.807, 2.05) is 72.8 Å². The van der Waals surface area contributed by atoms with Gasteiger partial charge in [0.05, 0.1) is 19.6 Å². The van der Waals surface area contributed by atoms with Gasteiger partial charge in [-0.3, -0.25) is 14.5 Å². The Labute approximate surface area is 175 Å². The lowest BCUT2D eigenvalue weighted by Gasteiger charge is -2.25. The van der Waals surface area contributed by atoms with Gasteiger partial charge in [-0.1, -0.05) is 36.4 Å². The average Bonchev–Trinajstić information content (AvgIpc) is 3.20. The van der Waals surface area contributed by atoms with Crippen LogP contribution in [0.2, 0.25) is 0 Å². The summed E-state index contributed by atoms with van der Waals surface area (Å²) in [5.74, 6) is 0.732. The van der Waals surface area contributed by atoms with Gasteiger partial charge in [0, 0.05) is 24.8 Å². The highest BCUT2D eigenvalue weighted by atomic mass is 16.5. The number of carbonyl (C=O) groups excluding carboxylic acids is 2. The van der Waals surface area contributed by atoms with Crippen molar-refractivity contribution < 1.29 is 14.3 Å². The van der Waals surface area contributed by atoms with Crippen molar-refractivity contribution in [1.82, 2.24) is 4.98 Å². The number of aromatic nitrogens is 1. The molecule has 1 unspecified atom stereocenters. The highest BCUT2D eigenvalue weighted by molar-refractivity contribution is 6.04. The minimum absolute atomic E-state index is 0.0563. The summed E-state index contributed by atoms with van der Waals surface area (Å²) in [5.41, 5.74) is 1.77. The molecule has 1 aromatic heterocycles. The van der Waals surface area contributed by atoms with Crippen LogP contribution >= 0.6 is 0 Å². The first kappa shape index (κ1) is 19.6. The van der Waals surface area contributed by atoms with Crippen molar-refractivity contribution in [3.05, 3.63) is 84.6 Å². The molecule has 1 fully saturated rings. The van der Waals surface area contributed by atoms with E-state index in [9.17, 15) is 9.59 Å². The van der Waals surface area contributed by atoms with E-state index in [1.54, 1.807) is 23.1 Å². The molecule has 2 amide bonds. The molecule has 152 valence electrons. The third kappa shape index (κ3) is 4.17. The summed E-state index contributed by atoms with van der Waals surface area (Å²) in [6, 6.07) is 22.6. The van der Waals surface area contributed by atoms with Crippen LogP contribution in [0, 0.1) is 5.92 Å². The quantitative estimate of drug-likeness (QED) is 0.632. The van der Waals surface area contributed by atoms with Crippen molar-refractivity contribution in [3.8, 4) is 5.75 Å². The van der Waals surface area contributed by atoms with E-state index in [4.69, 9.17) is 4.74 Å². The molecule has 0 aliphatic carbocycles. The third-order valence-corrected chi connectivity index (χ3v) is 5.23. The zero-order chi connectivity index (χ0) is 20.9. The Morgan fingerprint density at radius 3 is 2.47 bits per heavy atom. The second-order valence-electron chi connectivity index (χ2n) is 7.20. The molecule has 1 aliphatic heterocycles. The van der Waals surface area contributed by atoms with E-state index in [1.165, 1.54) is 0 Å². The molecule has 0 N–H and O–H groups in total. The molecule has 0 radical (unpaired) electrons. The average molecular weight is 401 g/mol. The van der Waals surface area contributed by atoms with Crippen molar-refractivity contribution >= 4 is 23.3 Å². The van der Waals surface area contributed by atoms with Crippen LogP contribution in [0.3, 0.4) is 0 Å². The molecule has 1 atom stereocenters. The second kappa shape index (κ2) is 8.78. The first-order valence-electron chi connectivity index (χ1n) is 9.86. The number of anilines is 2. The van der Waals surface area contributed by atoms with Crippen molar-refractivity contribution in [2.24, 2.45) is 5.92 Å². The molecule has 6 nitrogen and oxygen atoms in total. The first-order valence-corrected chi connectivity index (χ1v) is 9.86. The van der Waals surface area contributed by atoms with Crippen LogP contribution in [0.1, 0.15) is 12.0 Å². The highest BCUT2D eigenvalue weighted by Gasteiger charge is 2.38. The van der Waals surface area contributed by atoms with Gasteiger partial charge in [-0.05, 0) is 42.0 Å². The largest absolute Gasteiger partial charge is 0.497 e. The van der Waals surface area contributed by atoms with Gasteiger partial charge >= 0.3 is 0 Å². The first-order chi connectivity index (χ1) is 14.7. The Morgan fingerprint density at radius 2 is 1.80 bits per heavy atom. The maximum absolute atomic E-state index is 13.5. The standard InChI is InChI=1S/C24H23N3O3/c1-30-21-12-10-20(11-13-21)26-17-19(15-23(26)28)24(29)27(22-9-5-6-14-25-22)16-18-7-3-2-4-8-18/h2-14,19H,15-17H2,1H3. The second-order valence-corrected chi connectivity index (χ2v) is 7.20. The predicted octanol–water partition coefficient (Wildman–Crippen LogP) is 3.68. The lowest BCUT2D eigenvalue weighted by atomic mass is 10.1. The monoisotopic (exact) mass is 401 g/mol. The van der Waals surface area contributed by atoms with Crippen LogP contribution in [0.25, 0.3) is 0 Å². The minimum atomic E-state index is -0.426. The van der Waals surface area contributed by atoms with E-state index >= 15 is 0 Å². The number of ether oxygens (including phenoxy) is 1. The van der Waals surface area contributed by atoms with Gasteiger partial charge in [-0.2, -0.15) is 0 Å². The Balaban J connectivity index is 1.56. The molecule has 0 spiro atoms. The summed E-state index contributed by atoms with van der Waals surface area (Å²) in [5, 5.41) is 0. The van der Waals surface area contributed by atoms with Crippen molar-refractivity contribution in [2.45, 2.75) is 13.0 Å². The van der Waals surface area contributed by atoms with Gasteiger partial charge in [-0.15, -0.1) is 0 Å². The number of rotatable bonds is 6. The maximum atomic E-state index is 13.5. The van der Waals surface area contributed by atoms with E-state index in [0.29, 0.717) is 18.9 Å². The van der Waals surface area contributed by atoms with Crippen LogP contribution < -0.4 is 14.5 Å². The fourth-order valence-electron chi connectivity index (χ4n) is 3.66. The zero-order valence-corrected chi connectivity index (χ0v) is 16.8. The van der Waals surface area contributed by atoms with Crippen LogP contribution in [0.15, 0.2) is 79.0 Å². The molecule has 0 saturated carbocycles. The Hall–Kier alpha value is -3.67. The molecule has 2 heterocycles. The number of carbonyl (C=O) groups is 2. The zero-order valence-electron chi connectivity index (χ0n) is 16.8. The van der Waals surface area contributed by atoms with Gasteiger partial charge in [0.15, 0.2) is 0 Å². The SMILES string of the molecule is COc1ccc(N2CC(C(=O)N(Cc3ccccc3)c3ccccn3)CC2=O)cc1. The van der Waals surface area contributed by atoms with Crippen molar-refractivity contribution in [1.29, 1.82) is 0 Å². The Bertz CT molecular complexity index is 1010. The van der Waals surface area contributed by atoms with E-state index in [2.05, 4.69) is 4.98 Å². The molecule has 2 aromatic carbocycles. The number of hydrogen-bond donors (Lipinski definition) is 0. The van der Waals surface area contributed by atoms with Gasteiger partial charge in [0.25, 0.3) is 0 Å². The summed E-state index contributed by atoms with van der Waals surface area (Å²) in [7, 11) is 1.60. The highest BCUT2D eigenvalue weighted by Crippen LogP contribution is 2.29. The smallest absolute Gasteiger partial charge is 0.233 e. The summed E-state index contributed by atoms with van der Waals surface area (Å²) in [6.45, 7) is 0.756. The van der Waals surface area contributed by atoms with Crippen molar-refractivity contribution in [3.63, 3.8) is 0 Å².